The molecule has 0 atom stereocenters. The number of piperidine rings is 1. The number of hydrogen-bond acceptors (Lipinski definition) is 5. The van der Waals surface area contributed by atoms with Gasteiger partial charge < -0.3 is 15.3 Å². The average molecular weight is 404 g/mol. The van der Waals surface area contributed by atoms with Crippen LogP contribution in [0, 0.1) is 30.0 Å². The Hall–Kier alpha value is -3.17. The molecule has 0 amide bonds. The minimum absolute atomic E-state index is 0.274. The molecule has 2 heterocycles. The minimum Gasteiger partial charge on any atom is -0.396 e. The van der Waals surface area contributed by atoms with Crippen molar-refractivity contribution in [2.75, 3.05) is 29.9 Å². The lowest BCUT2D eigenvalue weighted by molar-refractivity contribution is 0.203. The third kappa shape index (κ3) is 4.07. The van der Waals surface area contributed by atoms with Gasteiger partial charge in [0.2, 0.25) is 0 Å². The predicted molar refractivity (Wildman–Crippen MR) is 117 cm³/mol. The largest absolute Gasteiger partial charge is 0.396 e. The molecule has 1 aliphatic rings. The van der Waals surface area contributed by atoms with Crippen molar-refractivity contribution in [3.63, 3.8) is 0 Å². The van der Waals surface area contributed by atoms with Crippen molar-refractivity contribution >= 4 is 22.3 Å². The highest BCUT2D eigenvalue weighted by Gasteiger charge is 2.18. The second-order valence-corrected chi connectivity index (χ2v) is 7.91. The molecular formula is C24H25FN4O. The van der Waals surface area contributed by atoms with Gasteiger partial charge in [-0.1, -0.05) is 12.1 Å². The fourth-order valence-corrected chi connectivity index (χ4v) is 4.10. The molecule has 2 N–H and O–H groups in total. The molecule has 0 radical (unpaired) electrons. The van der Waals surface area contributed by atoms with Crippen molar-refractivity contribution in [2.24, 2.45) is 5.92 Å². The molecule has 0 unspecified atom stereocenters. The summed E-state index contributed by atoms with van der Waals surface area (Å²) in [7, 11) is 0. The molecule has 0 spiro atoms. The molecular weight excluding hydrogens is 379 g/mol. The number of pyridine rings is 1. The van der Waals surface area contributed by atoms with E-state index in [9.17, 15) is 14.8 Å². The van der Waals surface area contributed by atoms with E-state index in [1.807, 2.05) is 6.92 Å². The zero-order valence-corrected chi connectivity index (χ0v) is 17.0. The second kappa shape index (κ2) is 8.68. The van der Waals surface area contributed by atoms with E-state index in [0.29, 0.717) is 34.6 Å². The monoisotopic (exact) mass is 404 g/mol. The maximum absolute atomic E-state index is 14.0. The van der Waals surface area contributed by atoms with E-state index in [1.54, 1.807) is 0 Å². The first-order valence-corrected chi connectivity index (χ1v) is 10.3. The lowest BCUT2D eigenvalue weighted by Crippen LogP contribution is -2.34. The Morgan fingerprint density at radius 1 is 1.23 bits per heavy atom. The fraction of sp³-hybridized carbons (Fsp3) is 0.333. The number of nitriles is 1. The number of anilines is 2. The maximum Gasteiger partial charge on any atom is 0.124 e. The Bertz CT molecular complexity index is 1080. The first kappa shape index (κ1) is 20.1. The van der Waals surface area contributed by atoms with E-state index in [1.165, 1.54) is 24.0 Å². The zero-order valence-electron chi connectivity index (χ0n) is 17.0. The molecule has 4 rings (SSSR count). The van der Waals surface area contributed by atoms with Gasteiger partial charge in [-0.3, -0.25) is 4.98 Å². The predicted octanol–water partition coefficient (Wildman–Crippen LogP) is 4.37. The Kier molecular flexibility index (Phi) is 5.82. The maximum atomic E-state index is 14.0. The number of nitrogens with zero attached hydrogens (tertiary/aromatic N) is 3. The summed E-state index contributed by atoms with van der Waals surface area (Å²) in [5.41, 5.74) is 4.70. The number of aliphatic hydroxyl groups excluding tert-OH is 1. The van der Waals surface area contributed by atoms with Crippen molar-refractivity contribution in [3.05, 3.63) is 65.1 Å². The second-order valence-electron chi connectivity index (χ2n) is 7.91. The van der Waals surface area contributed by atoms with E-state index in [4.69, 9.17) is 0 Å². The minimum atomic E-state index is -0.339. The van der Waals surface area contributed by atoms with Crippen LogP contribution in [0.25, 0.3) is 10.9 Å². The number of hydrogen-bond donors (Lipinski definition) is 2. The van der Waals surface area contributed by atoms with Gasteiger partial charge in [-0.05, 0) is 61.1 Å². The molecule has 5 nitrogen and oxygen atoms in total. The van der Waals surface area contributed by atoms with Gasteiger partial charge in [0.25, 0.3) is 0 Å². The number of rotatable bonds is 5. The molecule has 0 bridgehead atoms. The summed E-state index contributed by atoms with van der Waals surface area (Å²) in [6.45, 7) is 4.54. The normalized spacial score (nSPS) is 14.7. The van der Waals surface area contributed by atoms with Gasteiger partial charge in [-0.15, -0.1) is 0 Å². The van der Waals surface area contributed by atoms with Gasteiger partial charge in [-0.2, -0.15) is 5.26 Å². The molecule has 0 aliphatic carbocycles. The highest BCUT2D eigenvalue weighted by molar-refractivity contribution is 5.95. The summed E-state index contributed by atoms with van der Waals surface area (Å²) in [4.78, 5) is 6.68. The molecule has 154 valence electrons. The Labute approximate surface area is 175 Å². The Balaban J connectivity index is 1.51. The third-order valence-corrected chi connectivity index (χ3v) is 5.89. The molecule has 30 heavy (non-hydrogen) atoms. The summed E-state index contributed by atoms with van der Waals surface area (Å²) in [5.74, 6) is 0.0805. The Morgan fingerprint density at radius 3 is 2.63 bits per heavy atom. The first-order chi connectivity index (χ1) is 14.6. The number of fused-ring (bicyclic) bond motifs is 1. The van der Waals surface area contributed by atoms with Crippen LogP contribution in [0.3, 0.4) is 0 Å². The fourth-order valence-electron chi connectivity index (χ4n) is 4.10. The van der Waals surface area contributed by atoms with E-state index < -0.39 is 0 Å². The molecule has 1 aliphatic heterocycles. The van der Waals surface area contributed by atoms with Crippen LogP contribution in [0.5, 0.6) is 0 Å². The van der Waals surface area contributed by atoms with Gasteiger partial charge in [0, 0.05) is 43.5 Å². The number of aliphatic hydroxyl groups is 1. The van der Waals surface area contributed by atoms with E-state index >= 15 is 0 Å². The molecule has 2 aromatic carbocycles. The number of nitrogens with one attached hydrogen (secondary N) is 1. The standard InChI is InChI=1S/C24H25FN4O/c1-16-10-20(25)11-22-23(16)28-14-19(12-26)24(22)27-13-17-2-4-21(5-3-17)29-8-6-18(15-30)7-9-29/h2-5,10-11,14,18,30H,6-9,13,15H2,1H3,(H,27,28). The molecule has 1 fully saturated rings. The summed E-state index contributed by atoms with van der Waals surface area (Å²) in [6.07, 6.45) is 3.57. The smallest absolute Gasteiger partial charge is 0.124 e. The molecule has 0 saturated carbocycles. The molecule has 3 aromatic rings. The van der Waals surface area contributed by atoms with Gasteiger partial charge in [0.15, 0.2) is 0 Å². The highest BCUT2D eigenvalue weighted by atomic mass is 19.1. The van der Waals surface area contributed by atoms with Crippen LogP contribution in [-0.2, 0) is 6.54 Å². The van der Waals surface area contributed by atoms with Crippen molar-refractivity contribution in [1.82, 2.24) is 4.98 Å². The van der Waals surface area contributed by atoms with Crippen LogP contribution in [0.4, 0.5) is 15.8 Å². The SMILES string of the molecule is Cc1cc(F)cc2c(NCc3ccc(N4CCC(CO)CC4)cc3)c(C#N)cnc12. The highest BCUT2D eigenvalue weighted by Crippen LogP contribution is 2.29. The van der Waals surface area contributed by atoms with Gasteiger partial charge in [0.05, 0.1) is 16.8 Å². The Morgan fingerprint density at radius 2 is 1.97 bits per heavy atom. The number of halogens is 1. The first-order valence-electron chi connectivity index (χ1n) is 10.3. The number of aromatic nitrogens is 1. The lowest BCUT2D eigenvalue weighted by atomic mass is 9.97. The van der Waals surface area contributed by atoms with Crippen molar-refractivity contribution < 1.29 is 9.50 Å². The molecule has 1 aromatic heterocycles. The van der Waals surface area contributed by atoms with E-state index in [0.717, 1.165) is 37.1 Å². The van der Waals surface area contributed by atoms with Crippen molar-refractivity contribution in [2.45, 2.75) is 26.3 Å². The lowest BCUT2D eigenvalue weighted by Gasteiger charge is -2.33. The zero-order chi connectivity index (χ0) is 21.1. The third-order valence-electron chi connectivity index (χ3n) is 5.89. The summed E-state index contributed by atoms with van der Waals surface area (Å²) < 4.78 is 14.0. The molecule has 6 heteroatoms. The van der Waals surface area contributed by atoms with Gasteiger partial charge >= 0.3 is 0 Å². The van der Waals surface area contributed by atoms with E-state index in [-0.39, 0.29) is 12.4 Å². The molecule has 1 saturated heterocycles. The van der Waals surface area contributed by atoms with E-state index in [2.05, 4.69) is 45.5 Å². The van der Waals surface area contributed by atoms with Crippen LogP contribution in [0.15, 0.2) is 42.6 Å². The quantitative estimate of drug-likeness (QED) is 0.661. The summed E-state index contributed by atoms with van der Waals surface area (Å²) in [5, 5.41) is 22.7. The van der Waals surface area contributed by atoms with Crippen molar-refractivity contribution in [1.29, 1.82) is 5.26 Å². The number of aryl methyl sites for hydroxylation is 1. The van der Waals surface area contributed by atoms with Crippen LogP contribution >= 0.6 is 0 Å². The average Bonchev–Trinajstić information content (AvgIpc) is 2.77. The van der Waals surface area contributed by atoms with Crippen LogP contribution < -0.4 is 10.2 Å². The topological polar surface area (TPSA) is 72.2 Å². The van der Waals surface area contributed by atoms with Crippen LogP contribution in [0.2, 0.25) is 0 Å². The van der Waals surface area contributed by atoms with Crippen LogP contribution in [0.1, 0.15) is 29.5 Å². The van der Waals surface area contributed by atoms with Gasteiger partial charge in [-0.25, -0.2) is 4.39 Å². The summed E-state index contributed by atoms with van der Waals surface area (Å²) in [6, 6.07) is 13.4. The van der Waals surface area contributed by atoms with Crippen LogP contribution in [-0.4, -0.2) is 29.8 Å². The number of benzene rings is 2. The van der Waals surface area contributed by atoms with Gasteiger partial charge in [0.1, 0.15) is 11.9 Å². The summed E-state index contributed by atoms with van der Waals surface area (Å²) >= 11 is 0. The van der Waals surface area contributed by atoms with Crippen molar-refractivity contribution in [3.8, 4) is 6.07 Å².